The fourth-order valence-corrected chi connectivity index (χ4v) is 4.87. The summed E-state index contributed by atoms with van der Waals surface area (Å²) in [6.45, 7) is 5.89. The summed E-state index contributed by atoms with van der Waals surface area (Å²) in [5, 5.41) is 0. The lowest BCUT2D eigenvalue weighted by Gasteiger charge is -2.33. The van der Waals surface area contributed by atoms with Crippen molar-refractivity contribution in [2.75, 3.05) is 18.1 Å². The molecule has 4 rings (SSSR count). The predicted octanol–water partition coefficient (Wildman–Crippen LogP) is 4.44. The average molecular weight is 463 g/mol. The van der Waals surface area contributed by atoms with Gasteiger partial charge in [0.15, 0.2) is 6.61 Å². The first-order valence-corrected chi connectivity index (χ1v) is 11.9. The molecule has 0 aromatic heterocycles. The molecule has 1 aliphatic carbocycles. The standard InChI is InChI=1S/C27H30N2O5/c1-4-28(20-8-6-5-7-9-20)24(30)16-34-27(33)19-12-13-21-22(15-19)26(32)29(25(21)31)23-14-17(2)10-11-18(23)3/h10-15,20H,4-9,16H2,1-3H3. The third kappa shape index (κ3) is 4.47. The molecule has 0 saturated heterocycles. The Balaban J connectivity index is 1.47. The van der Waals surface area contributed by atoms with Crippen molar-refractivity contribution in [2.45, 2.75) is 58.9 Å². The summed E-state index contributed by atoms with van der Waals surface area (Å²) in [6.07, 6.45) is 5.36. The molecule has 0 unspecified atom stereocenters. The van der Waals surface area contributed by atoms with Crippen molar-refractivity contribution in [3.63, 3.8) is 0 Å². The van der Waals surface area contributed by atoms with E-state index in [2.05, 4.69) is 0 Å². The summed E-state index contributed by atoms with van der Waals surface area (Å²) >= 11 is 0. The molecule has 3 amide bonds. The molecular formula is C27H30N2O5. The van der Waals surface area contributed by atoms with Gasteiger partial charge in [-0.15, -0.1) is 0 Å². The molecule has 178 valence electrons. The molecule has 0 bridgehead atoms. The smallest absolute Gasteiger partial charge is 0.338 e. The number of esters is 1. The summed E-state index contributed by atoms with van der Waals surface area (Å²) < 4.78 is 5.29. The lowest BCUT2D eigenvalue weighted by Crippen LogP contribution is -2.43. The second-order valence-corrected chi connectivity index (χ2v) is 9.04. The van der Waals surface area contributed by atoms with E-state index in [0.29, 0.717) is 12.2 Å². The second-order valence-electron chi connectivity index (χ2n) is 9.04. The van der Waals surface area contributed by atoms with Gasteiger partial charge in [-0.1, -0.05) is 31.4 Å². The minimum atomic E-state index is -0.693. The van der Waals surface area contributed by atoms with E-state index in [4.69, 9.17) is 4.74 Å². The van der Waals surface area contributed by atoms with Crippen LogP contribution in [0.2, 0.25) is 0 Å². The van der Waals surface area contributed by atoms with Gasteiger partial charge in [0, 0.05) is 12.6 Å². The Labute approximate surface area is 199 Å². The number of likely N-dealkylation sites (N-methyl/N-ethyl adjacent to an activating group) is 1. The number of ether oxygens (including phenoxy) is 1. The second kappa shape index (κ2) is 9.79. The first kappa shape index (κ1) is 23.7. The van der Waals surface area contributed by atoms with Gasteiger partial charge in [0.2, 0.25) is 0 Å². The first-order valence-electron chi connectivity index (χ1n) is 11.9. The summed E-state index contributed by atoms with van der Waals surface area (Å²) in [5.41, 5.74) is 2.80. The van der Waals surface area contributed by atoms with Crippen molar-refractivity contribution in [1.29, 1.82) is 0 Å². The molecule has 2 aromatic rings. The molecule has 1 saturated carbocycles. The SMILES string of the molecule is CCN(C(=O)COC(=O)c1ccc2c(c1)C(=O)N(c1cc(C)ccc1C)C2=O)C1CCCCC1. The van der Waals surface area contributed by atoms with E-state index in [1.807, 2.05) is 32.9 Å². The highest BCUT2D eigenvalue weighted by molar-refractivity contribution is 6.35. The molecule has 1 fully saturated rings. The van der Waals surface area contributed by atoms with Crippen LogP contribution in [-0.4, -0.2) is 47.8 Å². The maximum absolute atomic E-state index is 13.1. The molecule has 0 spiro atoms. The van der Waals surface area contributed by atoms with Crippen LogP contribution in [0.1, 0.15) is 81.2 Å². The minimum absolute atomic E-state index is 0.135. The number of anilines is 1. The minimum Gasteiger partial charge on any atom is -0.452 e. The molecular weight excluding hydrogens is 432 g/mol. The highest BCUT2D eigenvalue weighted by Crippen LogP contribution is 2.32. The van der Waals surface area contributed by atoms with E-state index in [1.54, 1.807) is 11.0 Å². The Kier molecular flexibility index (Phi) is 6.82. The number of carbonyl (C=O) groups is 4. The number of amides is 3. The Morgan fingerprint density at radius 1 is 0.971 bits per heavy atom. The zero-order valence-electron chi connectivity index (χ0n) is 19.9. The summed E-state index contributed by atoms with van der Waals surface area (Å²) in [4.78, 5) is 54.4. The Hall–Kier alpha value is -3.48. The Morgan fingerprint density at radius 3 is 2.38 bits per heavy atom. The fraction of sp³-hybridized carbons (Fsp3) is 0.407. The zero-order valence-corrected chi connectivity index (χ0v) is 19.9. The van der Waals surface area contributed by atoms with Gasteiger partial charge in [0.05, 0.1) is 22.4 Å². The fourth-order valence-electron chi connectivity index (χ4n) is 4.87. The Bertz CT molecular complexity index is 1150. The van der Waals surface area contributed by atoms with Gasteiger partial charge in [-0.2, -0.15) is 0 Å². The third-order valence-corrected chi connectivity index (χ3v) is 6.73. The Morgan fingerprint density at radius 2 is 1.68 bits per heavy atom. The molecule has 7 heteroatoms. The van der Waals surface area contributed by atoms with Crippen LogP contribution in [0.25, 0.3) is 0 Å². The zero-order chi connectivity index (χ0) is 24.4. The molecule has 1 aliphatic heterocycles. The maximum Gasteiger partial charge on any atom is 0.338 e. The number of fused-ring (bicyclic) bond motifs is 1. The molecule has 7 nitrogen and oxygen atoms in total. The van der Waals surface area contributed by atoms with Gasteiger partial charge in [-0.25, -0.2) is 9.69 Å². The van der Waals surface area contributed by atoms with E-state index in [9.17, 15) is 19.2 Å². The summed E-state index contributed by atoms with van der Waals surface area (Å²) in [5.74, 6) is -1.80. The molecule has 34 heavy (non-hydrogen) atoms. The number of benzene rings is 2. The topological polar surface area (TPSA) is 84.0 Å². The molecule has 0 radical (unpaired) electrons. The quantitative estimate of drug-likeness (QED) is 0.468. The normalized spacial score (nSPS) is 15.9. The lowest BCUT2D eigenvalue weighted by molar-refractivity contribution is -0.137. The van der Waals surface area contributed by atoms with Crippen molar-refractivity contribution >= 4 is 29.4 Å². The summed E-state index contributed by atoms with van der Waals surface area (Å²) in [6, 6.07) is 10.1. The molecule has 2 aromatic carbocycles. The molecule has 2 aliphatic rings. The van der Waals surface area contributed by atoms with Gasteiger partial charge >= 0.3 is 5.97 Å². The average Bonchev–Trinajstić information content (AvgIpc) is 3.09. The van der Waals surface area contributed by atoms with Crippen molar-refractivity contribution in [1.82, 2.24) is 4.90 Å². The van der Waals surface area contributed by atoms with Crippen molar-refractivity contribution in [3.05, 3.63) is 64.2 Å². The highest BCUT2D eigenvalue weighted by atomic mass is 16.5. The van der Waals surface area contributed by atoms with Gasteiger partial charge in [0.1, 0.15) is 0 Å². The van der Waals surface area contributed by atoms with Crippen molar-refractivity contribution < 1.29 is 23.9 Å². The van der Waals surface area contributed by atoms with E-state index >= 15 is 0 Å². The van der Waals surface area contributed by atoms with Crippen LogP contribution in [0, 0.1) is 13.8 Å². The van der Waals surface area contributed by atoms with Gasteiger partial charge < -0.3 is 9.64 Å². The molecule has 1 heterocycles. The monoisotopic (exact) mass is 462 g/mol. The van der Waals surface area contributed by atoms with Crippen LogP contribution >= 0.6 is 0 Å². The van der Waals surface area contributed by atoms with Crippen molar-refractivity contribution in [2.24, 2.45) is 0 Å². The number of rotatable bonds is 6. The van der Waals surface area contributed by atoms with E-state index in [-0.39, 0.29) is 35.2 Å². The van der Waals surface area contributed by atoms with E-state index in [1.165, 1.54) is 24.6 Å². The molecule has 0 atom stereocenters. The van der Waals surface area contributed by atoms with Crippen LogP contribution in [0.5, 0.6) is 0 Å². The number of nitrogens with zero attached hydrogens (tertiary/aromatic N) is 2. The van der Waals surface area contributed by atoms with E-state index < -0.39 is 17.8 Å². The van der Waals surface area contributed by atoms with Crippen molar-refractivity contribution in [3.8, 4) is 0 Å². The van der Waals surface area contributed by atoms with Gasteiger partial charge in [-0.3, -0.25) is 14.4 Å². The van der Waals surface area contributed by atoms with E-state index in [0.717, 1.165) is 41.7 Å². The van der Waals surface area contributed by atoms with Crippen LogP contribution in [0.15, 0.2) is 36.4 Å². The van der Waals surface area contributed by atoms with Gasteiger partial charge in [-0.05, 0) is 69.0 Å². The van der Waals surface area contributed by atoms with Gasteiger partial charge in [0.25, 0.3) is 17.7 Å². The van der Waals surface area contributed by atoms with Crippen LogP contribution in [0.4, 0.5) is 5.69 Å². The number of hydrogen-bond donors (Lipinski definition) is 0. The number of imide groups is 1. The highest BCUT2D eigenvalue weighted by Gasteiger charge is 2.38. The first-order chi connectivity index (χ1) is 16.3. The van der Waals surface area contributed by atoms with Crippen LogP contribution in [-0.2, 0) is 9.53 Å². The third-order valence-electron chi connectivity index (χ3n) is 6.73. The maximum atomic E-state index is 13.1. The van der Waals surface area contributed by atoms with Crippen LogP contribution < -0.4 is 4.90 Å². The molecule has 0 N–H and O–H groups in total. The largest absolute Gasteiger partial charge is 0.452 e. The number of aryl methyl sites for hydroxylation is 2. The lowest BCUT2D eigenvalue weighted by atomic mass is 9.94. The number of hydrogen-bond acceptors (Lipinski definition) is 5. The summed E-state index contributed by atoms with van der Waals surface area (Å²) in [7, 11) is 0. The van der Waals surface area contributed by atoms with Crippen LogP contribution in [0.3, 0.4) is 0 Å². The number of carbonyl (C=O) groups excluding carboxylic acids is 4. The predicted molar refractivity (Wildman–Crippen MR) is 128 cm³/mol.